The van der Waals surface area contributed by atoms with Gasteiger partial charge in [0.15, 0.2) is 0 Å². The number of amides is 1. The number of thiophene rings is 1. The fourth-order valence-corrected chi connectivity index (χ4v) is 6.36. The number of carbonyl (C=O) groups excluding carboxylic acids is 1. The number of nitrogens with zero attached hydrogens (tertiary/aromatic N) is 1. The predicted molar refractivity (Wildman–Crippen MR) is 134 cm³/mol. The number of phenols is 1. The topological polar surface area (TPSA) is 174 Å². The molecule has 0 saturated carbocycles. The minimum absolute atomic E-state index is 0.0224. The maximum atomic E-state index is 12.8. The number of carboxylic acid groups (broad SMARTS) is 1. The van der Waals surface area contributed by atoms with Crippen LogP contribution < -0.4 is 10.5 Å². The van der Waals surface area contributed by atoms with Crippen LogP contribution in [0, 0.1) is 5.41 Å². The normalized spacial score (nSPS) is 15.8. The molecule has 2 aromatic carbocycles. The van der Waals surface area contributed by atoms with Crippen molar-refractivity contribution < 1.29 is 41.4 Å². The van der Waals surface area contributed by atoms with E-state index in [0.29, 0.717) is 29.1 Å². The largest absolute Gasteiger partial charge is 0.508 e. The number of alkyl halides is 3. The molecule has 1 fully saturated rings. The Morgan fingerprint density at radius 3 is 2.50 bits per heavy atom. The zero-order chi connectivity index (χ0) is 28.4. The molecule has 2 heterocycles. The van der Waals surface area contributed by atoms with Crippen molar-refractivity contribution in [3.8, 4) is 5.75 Å². The smallest absolute Gasteiger partial charge is 0.490 e. The first-order chi connectivity index (χ1) is 17.6. The van der Waals surface area contributed by atoms with Gasteiger partial charge in [-0.25, -0.2) is 13.2 Å². The van der Waals surface area contributed by atoms with Crippen molar-refractivity contribution in [3.63, 3.8) is 0 Å². The van der Waals surface area contributed by atoms with Crippen LogP contribution in [0.25, 0.3) is 10.1 Å². The molecule has 10 nitrogen and oxygen atoms in total. The summed E-state index contributed by atoms with van der Waals surface area (Å²) < 4.78 is 60.8. The summed E-state index contributed by atoms with van der Waals surface area (Å²) >= 11 is 7.06. The maximum absolute atomic E-state index is 12.8. The highest BCUT2D eigenvalue weighted by Gasteiger charge is 2.38. The van der Waals surface area contributed by atoms with E-state index in [1.807, 2.05) is 0 Å². The second kappa shape index (κ2) is 11.1. The summed E-state index contributed by atoms with van der Waals surface area (Å²) in [6.45, 7) is 0.420. The summed E-state index contributed by atoms with van der Waals surface area (Å²) in [5.41, 5.74) is 6.36. The van der Waals surface area contributed by atoms with Gasteiger partial charge in [-0.3, -0.25) is 10.2 Å². The van der Waals surface area contributed by atoms with Crippen molar-refractivity contribution in [3.05, 3.63) is 58.6 Å². The second-order valence-electron chi connectivity index (χ2n) is 8.03. The van der Waals surface area contributed by atoms with Crippen LogP contribution >= 0.6 is 22.9 Å². The van der Waals surface area contributed by atoms with Gasteiger partial charge < -0.3 is 20.8 Å². The lowest BCUT2D eigenvalue weighted by Crippen LogP contribution is -2.41. The third kappa shape index (κ3) is 6.92. The van der Waals surface area contributed by atoms with E-state index < -0.39 is 28.2 Å². The van der Waals surface area contributed by atoms with Crippen LogP contribution in [0.1, 0.15) is 17.5 Å². The number of amidine groups is 1. The summed E-state index contributed by atoms with van der Waals surface area (Å²) in [5.74, 6) is -3.30. The molecule has 1 saturated heterocycles. The number of phenolic OH excluding ortho intramolecular Hbond substituents is 1. The fourth-order valence-electron chi connectivity index (χ4n) is 3.45. The highest BCUT2D eigenvalue weighted by atomic mass is 35.5. The number of likely N-dealkylation sites (tertiary alicyclic amines) is 1. The van der Waals surface area contributed by atoms with Crippen LogP contribution in [0.5, 0.6) is 5.75 Å². The van der Waals surface area contributed by atoms with Crippen LogP contribution in [0.4, 0.5) is 13.2 Å². The van der Waals surface area contributed by atoms with Gasteiger partial charge in [-0.15, -0.1) is 11.3 Å². The summed E-state index contributed by atoms with van der Waals surface area (Å²) in [6.07, 6.45) is -4.78. The Labute approximate surface area is 223 Å². The van der Waals surface area contributed by atoms with Gasteiger partial charge in [0.05, 0.1) is 0 Å². The molecule has 1 aliphatic rings. The number of aliphatic carboxylic acids is 1. The molecule has 0 radical (unpaired) electrons. The molecule has 1 aliphatic heterocycles. The number of aromatic hydroxyl groups is 1. The molecule has 0 spiro atoms. The van der Waals surface area contributed by atoms with E-state index in [-0.39, 0.29) is 28.2 Å². The van der Waals surface area contributed by atoms with Gasteiger partial charge in [-0.1, -0.05) is 17.7 Å². The van der Waals surface area contributed by atoms with Gasteiger partial charge in [-0.2, -0.15) is 17.9 Å². The van der Waals surface area contributed by atoms with E-state index in [9.17, 15) is 31.5 Å². The zero-order valence-electron chi connectivity index (χ0n) is 19.1. The highest BCUT2D eigenvalue weighted by molar-refractivity contribution is 7.91. The number of nitrogen functional groups attached to an aromatic ring is 1. The Morgan fingerprint density at radius 1 is 1.24 bits per heavy atom. The molecule has 4 rings (SSSR count). The standard InChI is InChI=1S/C20H19ClN4O4S2.C2HF3O2/c21-14-3-1-11-8-18(30-17(11)9-14)31(28,29)24-15-5-6-25(20(15)27)10-13-7-12(19(22)23)2-4-16(13)26;3-2(4,5)1(6)7/h1-4,7-9,15,24,26H,5-6,10H2,(H3,22,23);(H,6,7)/t15-;/m0./s1. The van der Waals surface area contributed by atoms with E-state index in [4.69, 9.17) is 32.6 Å². The molecule has 1 aromatic heterocycles. The van der Waals surface area contributed by atoms with Crippen LogP contribution in [0.3, 0.4) is 0 Å². The quantitative estimate of drug-likeness (QED) is 0.216. The molecular formula is C22H20ClF3N4O6S2. The van der Waals surface area contributed by atoms with Gasteiger partial charge in [-0.05, 0) is 48.2 Å². The summed E-state index contributed by atoms with van der Waals surface area (Å²) in [4.78, 5) is 23.2. The van der Waals surface area contributed by atoms with E-state index in [0.717, 1.165) is 21.4 Å². The number of fused-ring (bicyclic) bond motifs is 1. The SMILES string of the molecule is N=C(N)c1ccc(O)c(CN2CC[C@H](NS(=O)(=O)c3cc4ccc(Cl)cc4s3)C2=O)c1.O=C(O)C(F)(F)F. The number of halogens is 4. The second-order valence-corrected chi connectivity index (χ2v) is 11.5. The lowest BCUT2D eigenvalue weighted by molar-refractivity contribution is -0.192. The van der Waals surface area contributed by atoms with Crippen molar-refractivity contribution in [1.82, 2.24) is 9.62 Å². The Balaban J connectivity index is 0.000000505. The number of hydrogen-bond donors (Lipinski definition) is 5. The first kappa shape index (κ1) is 29.2. The molecule has 0 unspecified atom stereocenters. The van der Waals surface area contributed by atoms with Crippen LogP contribution in [-0.2, 0) is 26.2 Å². The third-order valence-corrected chi connectivity index (χ3v) is 8.59. The molecular weight excluding hydrogens is 573 g/mol. The lowest BCUT2D eigenvalue weighted by atomic mass is 10.1. The number of nitrogens with one attached hydrogen (secondary N) is 2. The van der Waals surface area contributed by atoms with Crippen LogP contribution in [0.2, 0.25) is 5.02 Å². The Bertz CT molecular complexity index is 1510. The lowest BCUT2D eigenvalue weighted by Gasteiger charge is -2.18. The minimum Gasteiger partial charge on any atom is -0.508 e. The molecule has 0 aliphatic carbocycles. The number of nitrogens with two attached hydrogens (primary N) is 1. The molecule has 38 heavy (non-hydrogen) atoms. The maximum Gasteiger partial charge on any atom is 0.490 e. The number of carboxylic acids is 1. The van der Waals surface area contributed by atoms with Gasteiger partial charge in [0, 0.05) is 33.9 Å². The molecule has 0 bridgehead atoms. The fraction of sp³-hybridized carbons (Fsp3) is 0.227. The number of benzene rings is 2. The van der Waals surface area contributed by atoms with Crippen molar-refractivity contribution in [1.29, 1.82) is 5.41 Å². The van der Waals surface area contributed by atoms with E-state index in [1.165, 1.54) is 17.0 Å². The average molecular weight is 593 g/mol. The van der Waals surface area contributed by atoms with Crippen LogP contribution in [-0.4, -0.2) is 60.0 Å². The minimum atomic E-state index is -5.08. The summed E-state index contributed by atoms with van der Waals surface area (Å²) in [6, 6.07) is 10.3. The van der Waals surface area contributed by atoms with E-state index in [2.05, 4.69) is 4.72 Å². The number of sulfonamides is 1. The monoisotopic (exact) mass is 592 g/mol. The van der Waals surface area contributed by atoms with Crippen molar-refractivity contribution in [2.45, 2.75) is 29.4 Å². The molecule has 16 heteroatoms. The van der Waals surface area contributed by atoms with Gasteiger partial charge in [0.2, 0.25) is 5.91 Å². The number of rotatable bonds is 6. The number of hydrogen-bond acceptors (Lipinski definition) is 7. The Morgan fingerprint density at radius 2 is 1.89 bits per heavy atom. The molecule has 6 N–H and O–H groups in total. The van der Waals surface area contributed by atoms with Gasteiger partial charge in [0.25, 0.3) is 10.0 Å². The summed E-state index contributed by atoms with van der Waals surface area (Å²) in [5, 5.41) is 26.0. The van der Waals surface area contributed by atoms with E-state index >= 15 is 0 Å². The third-order valence-electron chi connectivity index (χ3n) is 5.31. The predicted octanol–water partition coefficient (Wildman–Crippen LogP) is 3.26. The van der Waals surface area contributed by atoms with Gasteiger partial charge >= 0.3 is 12.1 Å². The van der Waals surface area contributed by atoms with Crippen molar-refractivity contribution in [2.75, 3.05) is 6.54 Å². The van der Waals surface area contributed by atoms with Crippen molar-refractivity contribution in [2.24, 2.45) is 5.73 Å². The zero-order valence-corrected chi connectivity index (χ0v) is 21.5. The van der Waals surface area contributed by atoms with Crippen LogP contribution in [0.15, 0.2) is 46.7 Å². The van der Waals surface area contributed by atoms with Crippen molar-refractivity contribution >= 4 is 60.8 Å². The Hall–Kier alpha value is -3.40. The average Bonchev–Trinajstić information content (AvgIpc) is 3.39. The Kier molecular flexibility index (Phi) is 8.55. The molecule has 204 valence electrons. The highest BCUT2D eigenvalue weighted by Crippen LogP contribution is 2.31. The summed E-state index contributed by atoms with van der Waals surface area (Å²) in [7, 11) is -3.89. The number of carbonyl (C=O) groups is 2. The first-order valence-electron chi connectivity index (χ1n) is 10.5. The molecule has 3 aromatic rings. The van der Waals surface area contributed by atoms with Gasteiger partial charge in [0.1, 0.15) is 21.8 Å². The van der Waals surface area contributed by atoms with E-state index in [1.54, 1.807) is 30.3 Å². The molecule has 1 atom stereocenters. The molecule has 1 amide bonds. The first-order valence-corrected chi connectivity index (χ1v) is 13.2.